The molecule has 0 fully saturated rings. The van der Waals surface area contributed by atoms with Gasteiger partial charge < -0.3 is 14.1 Å². The number of benzene rings is 2. The largest absolute Gasteiger partial charge is 0.451 e. The van der Waals surface area contributed by atoms with Gasteiger partial charge in [0, 0.05) is 28.7 Å². The highest BCUT2D eigenvalue weighted by molar-refractivity contribution is 6.31. The molecule has 0 bridgehead atoms. The molecule has 1 aliphatic rings. The Balaban J connectivity index is 1.45. The molecule has 1 amide bonds. The van der Waals surface area contributed by atoms with Crippen LogP contribution >= 0.6 is 11.6 Å². The number of carbonyl (C=O) groups excluding carboxylic acids is 3. The molecule has 1 aliphatic heterocycles. The average molecular weight is 384 g/mol. The van der Waals surface area contributed by atoms with Crippen molar-refractivity contribution in [2.24, 2.45) is 0 Å². The zero-order chi connectivity index (χ0) is 19.1. The number of hydrogen-bond acceptors (Lipinski definition) is 5. The fourth-order valence-electron chi connectivity index (χ4n) is 3.04. The standard InChI is InChI=1S/C20H14ClNO5/c1-22-15-4-2-11(6-12(15)9-19(22)24)16(23)10-26-20(25)18-8-13-7-14(21)3-5-17(13)27-18/h2-8H,9-10H2,1H3. The molecular weight excluding hydrogens is 370 g/mol. The van der Waals surface area contributed by atoms with Gasteiger partial charge in [-0.3, -0.25) is 9.59 Å². The number of likely N-dealkylation sites (N-methyl/N-ethyl adjacent to an activating group) is 1. The maximum atomic E-state index is 12.3. The summed E-state index contributed by atoms with van der Waals surface area (Å²) in [5, 5.41) is 1.20. The van der Waals surface area contributed by atoms with Crippen molar-refractivity contribution in [1.29, 1.82) is 0 Å². The lowest BCUT2D eigenvalue weighted by molar-refractivity contribution is -0.117. The summed E-state index contributed by atoms with van der Waals surface area (Å²) in [7, 11) is 1.69. The number of ketones is 1. The van der Waals surface area contributed by atoms with Gasteiger partial charge in [0.05, 0.1) is 6.42 Å². The van der Waals surface area contributed by atoms with Gasteiger partial charge in [0.25, 0.3) is 0 Å². The van der Waals surface area contributed by atoms with Crippen LogP contribution in [-0.2, 0) is 16.0 Å². The van der Waals surface area contributed by atoms with Crippen molar-refractivity contribution in [2.45, 2.75) is 6.42 Å². The van der Waals surface area contributed by atoms with E-state index in [9.17, 15) is 14.4 Å². The minimum Gasteiger partial charge on any atom is -0.451 e. The van der Waals surface area contributed by atoms with E-state index in [0.29, 0.717) is 21.6 Å². The highest BCUT2D eigenvalue weighted by atomic mass is 35.5. The van der Waals surface area contributed by atoms with Gasteiger partial charge >= 0.3 is 5.97 Å². The second-order valence-electron chi connectivity index (χ2n) is 6.27. The van der Waals surface area contributed by atoms with Crippen LogP contribution in [0.25, 0.3) is 11.0 Å². The predicted octanol–water partition coefficient (Wildman–Crippen LogP) is 3.64. The number of ether oxygens (including phenoxy) is 1. The first-order valence-corrected chi connectivity index (χ1v) is 8.59. The molecular formula is C20H14ClNO5. The summed E-state index contributed by atoms with van der Waals surface area (Å²) in [5.41, 5.74) is 2.47. The van der Waals surface area contributed by atoms with E-state index in [1.165, 1.54) is 6.07 Å². The number of nitrogens with zero attached hydrogens (tertiary/aromatic N) is 1. The Morgan fingerprint density at radius 2 is 2.00 bits per heavy atom. The van der Waals surface area contributed by atoms with Gasteiger partial charge in [-0.1, -0.05) is 11.6 Å². The topological polar surface area (TPSA) is 76.8 Å². The lowest BCUT2D eigenvalue weighted by atomic mass is 10.1. The Kier molecular flexibility index (Phi) is 4.20. The van der Waals surface area contributed by atoms with Crippen molar-refractivity contribution in [3.05, 3.63) is 64.4 Å². The van der Waals surface area contributed by atoms with Crippen LogP contribution in [-0.4, -0.2) is 31.3 Å². The number of esters is 1. The van der Waals surface area contributed by atoms with Gasteiger partial charge in [0.15, 0.2) is 12.4 Å². The number of carbonyl (C=O) groups is 3. The maximum absolute atomic E-state index is 12.3. The van der Waals surface area contributed by atoms with Crippen molar-refractivity contribution in [2.75, 3.05) is 18.6 Å². The number of furan rings is 1. The number of rotatable bonds is 4. The molecule has 0 radical (unpaired) electrons. The molecule has 0 saturated heterocycles. The summed E-state index contributed by atoms with van der Waals surface area (Å²) < 4.78 is 10.5. The first-order chi connectivity index (χ1) is 12.9. The molecule has 4 rings (SSSR count). The molecule has 27 heavy (non-hydrogen) atoms. The zero-order valence-electron chi connectivity index (χ0n) is 14.3. The molecule has 0 unspecified atom stereocenters. The van der Waals surface area contributed by atoms with Crippen molar-refractivity contribution < 1.29 is 23.5 Å². The number of Topliss-reactive ketones (excluding diaryl/α,β-unsaturated/α-hetero) is 1. The highest BCUT2D eigenvalue weighted by Gasteiger charge is 2.25. The van der Waals surface area contributed by atoms with E-state index in [0.717, 1.165) is 11.3 Å². The van der Waals surface area contributed by atoms with Crippen LogP contribution in [0.4, 0.5) is 5.69 Å². The van der Waals surface area contributed by atoms with Crippen molar-refractivity contribution in [1.82, 2.24) is 0 Å². The number of halogens is 1. The molecule has 0 aliphatic carbocycles. The van der Waals surface area contributed by atoms with Crippen LogP contribution in [0.2, 0.25) is 5.02 Å². The summed E-state index contributed by atoms with van der Waals surface area (Å²) in [5.74, 6) is -1.11. The highest BCUT2D eigenvalue weighted by Crippen LogP contribution is 2.28. The maximum Gasteiger partial charge on any atom is 0.374 e. The first-order valence-electron chi connectivity index (χ1n) is 8.21. The molecule has 3 aromatic rings. The van der Waals surface area contributed by atoms with Gasteiger partial charge in [-0.25, -0.2) is 4.79 Å². The molecule has 136 valence electrons. The Hall–Kier alpha value is -3.12. The summed E-state index contributed by atoms with van der Waals surface area (Å²) in [6.45, 7) is -0.417. The first kappa shape index (κ1) is 17.3. The normalized spacial score (nSPS) is 13.1. The van der Waals surface area contributed by atoms with Gasteiger partial charge in [-0.2, -0.15) is 0 Å². The molecule has 0 spiro atoms. The number of hydrogen-bond donors (Lipinski definition) is 0. The Bertz CT molecular complexity index is 1100. The Morgan fingerprint density at radius 3 is 2.81 bits per heavy atom. The number of amides is 1. The SMILES string of the molecule is CN1C(=O)Cc2cc(C(=O)COC(=O)c3cc4cc(Cl)ccc4o3)ccc21. The van der Waals surface area contributed by atoms with Gasteiger partial charge in [-0.05, 0) is 48.0 Å². The number of anilines is 1. The third kappa shape index (κ3) is 3.19. The lowest BCUT2D eigenvalue weighted by Gasteiger charge is -2.10. The van der Waals surface area contributed by atoms with Crippen molar-refractivity contribution >= 4 is 45.9 Å². The van der Waals surface area contributed by atoms with E-state index in [1.807, 2.05) is 0 Å². The fourth-order valence-corrected chi connectivity index (χ4v) is 3.22. The summed E-state index contributed by atoms with van der Waals surface area (Å²) in [4.78, 5) is 37.8. The summed E-state index contributed by atoms with van der Waals surface area (Å²) in [6.07, 6.45) is 0.258. The molecule has 6 nitrogen and oxygen atoms in total. The van der Waals surface area contributed by atoms with E-state index in [-0.39, 0.29) is 23.9 Å². The van der Waals surface area contributed by atoms with Crippen LogP contribution in [0.1, 0.15) is 26.5 Å². The van der Waals surface area contributed by atoms with Crippen LogP contribution in [0.3, 0.4) is 0 Å². The third-order valence-corrected chi connectivity index (χ3v) is 4.73. The number of fused-ring (bicyclic) bond motifs is 2. The summed E-state index contributed by atoms with van der Waals surface area (Å²) in [6, 6.07) is 11.5. The van der Waals surface area contributed by atoms with Gasteiger partial charge in [0.1, 0.15) is 5.58 Å². The quantitative estimate of drug-likeness (QED) is 0.507. The third-order valence-electron chi connectivity index (χ3n) is 4.49. The van der Waals surface area contributed by atoms with E-state index in [2.05, 4.69) is 0 Å². The fraction of sp³-hybridized carbons (Fsp3) is 0.150. The van der Waals surface area contributed by atoms with Crippen LogP contribution in [0.5, 0.6) is 0 Å². The molecule has 7 heteroatoms. The van der Waals surface area contributed by atoms with E-state index >= 15 is 0 Å². The minimum absolute atomic E-state index is 0.00115. The minimum atomic E-state index is -0.730. The summed E-state index contributed by atoms with van der Waals surface area (Å²) >= 11 is 5.91. The van der Waals surface area contributed by atoms with E-state index in [4.69, 9.17) is 20.8 Å². The smallest absolute Gasteiger partial charge is 0.374 e. The average Bonchev–Trinajstić information content (AvgIpc) is 3.19. The van der Waals surface area contributed by atoms with E-state index < -0.39 is 12.6 Å². The molecule has 2 aromatic carbocycles. The van der Waals surface area contributed by atoms with Gasteiger partial charge in [0.2, 0.25) is 11.7 Å². The van der Waals surface area contributed by atoms with Crippen molar-refractivity contribution in [3.63, 3.8) is 0 Å². The predicted molar refractivity (Wildman–Crippen MR) is 99.4 cm³/mol. The molecule has 0 N–H and O–H groups in total. The molecule has 0 saturated carbocycles. The zero-order valence-corrected chi connectivity index (χ0v) is 15.1. The second kappa shape index (κ2) is 6.55. The monoisotopic (exact) mass is 383 g/mol. The van der Waals surface area contributed by atoms with Crippen molar-refractivity contribution in [3.8, 4) is 0 Å². The van der Waals surface area contributed by atoms with Gasteiger partial charge in [-0.15, -0.1) is 0 Å². The molecule has 1 aromatic heterocycles. The lowest BCUT2D eigenvalue weighted by Crippen LogP contribution is -2.20. The molecule has 2 heterocycles. The Morgan fingerprint density at radius 1 is 1.19 bits per heavy atom. The van der Waals surface area contributed by atoms with Crippen LogP contribution < -0.4 is 4.90 Å². The second-order valence-corrected chi connectivity index (χ2v) is 6.70. The molecule has 0 atom stereocenters. The van der Waals surface area contributed by atoms with Crippen LogP contribution in [0, 0.1) is 0 Å². The van der Waals surface area contributed by atoms with Crippen LogP contribution in [0.15, 0.2) is 46.9 Å². The van der Waals surface area contributed by atoms with E-state index in [1.54, 1.807) is 48.3 Å². The Labute approximate surface area is 159 Å².